The first-order chi connectivity index (χ1) is 11.0. The third kappa shape index (κ3) is 6.45. The van der Waals surface area contributed by atoms with Crippen LogP contribution in [0.1, 0.15) is 37.2 Å². The quantitative estimate of drug-likeness (QED) is 0.820. The van der Waals surface area contributed by atoms with E-state index in [4.69, 9.17) is 0 Å². The minimum atomic E-state index is -0.140. The third-order valence-corrected chi connectivity index (χ3v) is 3.29. The predicted molar refractivity (Wildman–Crippen MR) is 98.9 cm³/mol. The van der Waals surface area contributed by atoms with Gasteiger partial charge in [-0.1, -0.05) is 47.5 Å². The number of anilines is 1. The molecule has 0 fully saturated rings. The number of nitrogens with two attached hydrogens (primary N) is 1. The Balaban J connectivity index is 0. The van der Waals surface area contributed by atoms with Gasteiger partial charge in [0.15, 0.2) is 5.78 Å². The summed E-state index contributed by atoms with van der Waals surface area (Å²) in [6.45, 7) is 3.97. The van der Waals surface area contributed by atoms with Crippen molar-refractivity contribution in [3.8, 4) is 0 Å². The van der Waals surface area contributed by atoms with Crippen LogP contribution in [0.25, 0.3) is 0 Å². The van der Waals surface area contributed by atoms with Gasteiger partial charge in [0.25, 0.3) is 0 Å². The molecule has 0 aliphatic carbocycles. The van der Waals surface area contributed by atoms with Gasteiger partial charge in [0.05, 0.1) is 0 Å². The Morgan fingerprint density at radius 3 is 1.87 bits per heavy atom. The minimum Gasteiger partial charge on any atom is -0.333 e. The van der Waals surface area contributed by atoms with Crippen molar-refractivity contribution in [1.29, 1.82) is 0 Å². The van der Waals surface area contributed by atoms with Crippen molar-refractivity contribution in [2.45, 2.75) is 26.7 Å². The molecule has 0 saturated heterocycles. The third-order valence-electron chi connectivity index (χ3n) is 3.29. The molecule has 0 heterocycles. The highest BCUT2D eigenvalue weighted by Crippen LogP contribution is 2.11. The zero-order valence-corrected chi connectivity index (χ0v) is 13.9. The van der Waals surface area contributed by atoms with E-state index in [-0.39, 0.29) is 27.4 Å². The number of benzene rings is 2. The Morgan fingerprint density at radius 1 is 0.870 bits per heavy atom. The van der Waals surface area contributed by atoms with Gasteiger partial charge >= 0.3 is 0 Å². The van der Waals surface area contributed by atoms with E-state index >= 15 is 0 Å². The van der Waals surface area contributed by atoms with Crippen molar-refractivity contribution in [3.63, 3.8) is 0 Å². The Morgan fingerprint density at radius 2 is 1.35 bits per heavy atom. The van der Waals surface area contributed by atoms with Crippen molar-refractivity contribution in [3.05, 3.63) is 65.2 Å². The van der Waals surface area contributed by atoms with Crippen molar-refractivity contribution in [1.82, 2.24) is 0 Å². The van der Waals surface area contributed by atoms with Crippen molar-refractivity contribution in [2.75, 3.05) is 12.4 Å². The zero-order chi connectivity index (χ0) is 17.2. The summed E-state index contributed by atoms with van der Waals surface area (Å²) in [6.07, 6.45) is 0.418. The highest BCUT2D eigenvalue weighted by Gasteiger charge is 2.09. The van der Waals surface area contributed by atoms with E-state index in [1.54, 1.807) is 12.1 Å². The molecule has 0 atom stereocenters. The molecule has 0 unspecified atom stereocenters. The van der Waals surface area contributed by atoms with Crippen LogP contribution in [-0.4, -0.2) is 18.7 Å². The van der Waals surface area contributed by atoms with Crippen LogP contribution in [0.4, 0.5) is 5.69 Å². The molecule has 4 heteroatoms. The molecule has 0 aliphatic heterocycles. The molecule has 126 valence electrons. The molecular weight excluding hydrogens is 288 g/mol. The number of carbonyl (C=O) groups is 2. The fourth-order valence-corrected chi connectivity index (χ4v) is 1.97. The molecule has 2 aromatic rings. The number of carbonyl (C=O) groups excluding carboxylic acids is 2. The molecule has 0 bridgehead atoms. The van der Waals surface area contributed by atoms with Gasteiger partial charge < -0.3 is 11.1 Å². The summed E-state index contributed by atoms with van der Waals surface area (Å²) in [5.41, 5.74) is 8.17. The van der Waals surface area contributed by atoms with Gasteiger partial charge in [-0.3, -0.25) is 9.59 Å². The molecule has 0 aromatic heterocycles. The molecule has 2 rings (SSSR count). The van der Waals surface area contributed by atoms with Crippen LogP contribution in [0.2, 0.25) is 0 Å². The average Bonchev–Trinajstić information content (AvgIpc) is 2.57. The predicted octanol–water partition coefficient (Wildman–Crippen LogP) is 3.97. The highest BCUT2D eigenvalue weighted by atomic mass is 16.2. The Kier molecular flexibility index (Phi) is 7.71. The fraction of sp³-hybridized carbons (Fsp3) is 0.263. The van der Waals surface area contributed by atoms with E-state index in [1.807, 2.05) is 50.2 Å². The van der Waals surface area contributed by atoms with Gasteiger partial charge in [-0.15, -0.1) is 0 Å². The van der Waals surface area contributed by atoms with E-state index in [0.29, 0.717) is 5.56 Å². The smallest absolute Gasteiger partial charge is 0.224 e. The number of hydrogen-bond donors (Lipinski definition) is 2. The SMILES string of the molecule is CN.Cc1ccc(NC(=O)CCC(=O)c2ccc(C)cc2)cc1.[HH].[HH]. The lowest BCUT2D eigenvalue weighted by Gasteiger charge is -2.05. The van der Waals surface area contributed by atoms with Crippen LogP contribution in [-0.2, 0) is 4.79 Å². The number of ketones is 1. The lowest BCUT2D eigenvalue weighted by molar-refractivity contribution is -0.116. The number of hydrogen-bond acceptors (Lipinski definition) is 3. The standard InChI is InChI=1S/C18H19NO2.CH5N.2H2/c1-13-3-7-15(8-4-13)17(20)11-12-18(21)19-16-9-5-14(2)6-10-16;1-2;;/h3-10H,11-12H2,1-2H3,(H,19,21);2H2,1H3;2*1H. The topological polar surface area (TPSA) is 72.2 Å². The monoisotopic (exact) mass is 316 g/mol. The first kappa shape index (κ1) is 18.6. The van der Waals surface area contributed by atoms with Gasteiger partial charge in [-0.05, 0) is 33.0 Å². The lowest BCUT2D eigenvalue weighted by atomic mass is 10.0. The fourth-order valence-electron chi connectivity index (χ4n) is 1.97. The van der Waals surface area contributed by atoms with E-state index < -0.39 is 0 Å². The number of rotatable bonds is 5. The van der Waals surface area contributed by atoms with Crippen LogP contribution in [0.5, 0.6) is 0 Å². The van der Waals surface area contributed by atoms with E-state index in [0.717, 1.165) is 16.8 Å². The normalized spacial score (nSPS) is 9.57. The van der Waals surface area contributed by atoms with Gasteiger partial charge in [0, 0.05) is 26.9 Å². The summed E-state index contributed by atoms with van der Waals surface area (Å²) in [7, 11) is 1.50. The zero-order valence-electron chi connectivity index (χ0n) is 13.9. The number of aryl methyl sites for hydroxylation is 2. The summed E-state index contributed by atoms with van der Waals surface area (Å²) in [6, 6.07) is 15.0. The second-order valence-corrected chi connectivity index (χ2v) is 5.20. The largest absolute Gasteiger partial charge is 0.333 e. The van der Waals surface area contributed by atoms with E-state index in [9.17, 15) is 9.59 Å². The maximum Gasteiger partial charge on any atom is 0.224 e. The molecule has 0 saturated carbocycles. The van der Waals surface area contributed by atoms with Crippen molar-refractivity contribution < 1.29 is 12.4 Å². The molecular formula is C19H28N2O2. The molecule has 0 radical (unpaired) electrons. The minimum absolute atomic E-state index is 0. The second kappa shape index (κ2) is 9.54. The lowest BCUT2D eigenvalue weighted by Crippen LogP contribution is -2.13. The van der Waals surface area contributed by atoms with Crippen LogP contribution in [0.3, 0.4) is 0 Å². The number of Topliss-reactive ketones (excluding diaryl/α,β-unsaturated/α-hetero) is 1. The van der Waals surface area contributed by atoms with Gasteiger partial charge in [-0.25, -0.2) is 0 Å². The van der Waals surface area contributed by atoms with E-state index in [1.165, 1.54) is 7.05 Å². The van der Waals surface area contributed by atoms with Gasteiger partial charge in [-0.2, -0.15) is 0 Å². The summed E-state index contributed by atoms with van der Waals surface area (Å²) in [5, 5.41) is 2.79. The van der Waals surface area contributed by atoms with E-state index in [2.05, 4.69) is 11.1 Å². The summed E-state index contributed by atoms with van der Waals surface area (Å²) in [4.78, 5) is 23.8. The average molecular weight is 316 g/mol. The Bertz CT molecular complexity index is 641. The Hall–Kier alpha value is -2.46. The second-order valence-electron chi connectivity index (χ2n) is 5.20. The summed E-state index contributed by atoms with van der Waals surface area (Å²) >= 11 is 0. The maximum atomic E-state index is 12.0. The molecule has 3 N–H and O–H groups in total. The Labute approximate surface area is 140 Å². The van der Waals surface area contributed by atoms with Crippen LogP contribution >= 0.6 is 0 Å². The van der Waals surface area contributed by atoms with Gasteiger partial charge in [0.1, 0.15) is 0 Å². The summed E-state index contributed by atoms with van der Waals surface area (Å²) in [5.74, 6) is -0.145. The molecule has 0 aliphatic rings. The van der Waals surface area contributed by atoms with Crippen LogP contribution in [0.15, 0.2) is 48.5 Å². The van der Waals surface area contributed by atoms with Crippen molar-refractivity contribution in [2.24, 2.45) is 5.73 Å². The summed E-state index contributed by atoms with van der Waals surface area (Å²) < 4.78 is 0. The molecule has 2 aromatic carbocycles. The number of amides is 1. The molecule has 4 nitrogen and oxygen atoms in total. The molecule has 0 spiro atoms. The maximum absolute atomic E-state index is 12.0. The molecule has 23 heavy (non-hydrogen) atoms. The highest BCUT2D eigenvalue weighted by molar-refractivity contribution is 6.00. The first-order valence-electron chi connectivity index (χ1n) is 7.59. The van der Waals surface area contributed by atoms with Crippen LogP contribution in [0, 0.1) is 13.8 Å². The van der Waals surface area contributed by atoms with Gasteiger partial charge in [0.2, 0.25) is 5.91 Å². The molecule has 1 amide bonds. The first-order valence-corrected chi connectivity index (χ1v) is 7.59. The number of nitrogens with one attached hydrogen (secondary N) is 1. The van der Waals surface area contributed by atoms with Crippen molar-refractivity contribution >= 4 is 17.4 Å². The van der Waals surface area contributed by atoms with Crippen LogP contribution < -0.4 is 11.1 Å².